The minimum absolute atomic E-state index is 0.0452. The Morgan fingerprint density at radius 3 is 2.04 bits per heavy atom. The maximum absolute atomic E-state index is 12.9. The highest BCUT2D eigenvalue weighted by molar-refractivity contribution is 6.09. The molecule has 1 amide bonds. The first kappa shape index (κ1) is 17.3. The van der Waals surface area contributed by atoms with Crippen molar-refractivity contribution in [3.63, 3.8) is 0 Å². The van der Waals surface area contributed by atoms with Gasteiger partial charge in [-0.15, -0.1) is 0 Å². The van der Waals surface area contributed by atoms with Crippen LogP contribution in [-0.4, -0.2) is 17.4 Å². The molecule has 0 bridgehead atoms. The minimum Gasteiger partial charge on any atom is -0.373 e. The van der Waals surface area contributed by atoms with Crippen LogP contribution in [0.4, 0.5) is 0 Å². The fourth-order valence-corrected chi connectivity index (χ4v) is 3.33. The van der Waals surface area contributed by atoms with Gasteiger partial charge in [-0.2, -0.15) is 0 Å². The van der Waals surface area contributed by atoms with Crippen molar-refractivity contribution in [2.45, 2.75) is 13.2 Å². The molecule has 4 rings (SSSR count). The van der Waals surface area contributed by atoms with E-state index in [1.807, 2.05) is 95.9 Å². The number of rotatable bonds is 6. The van der Waals surface area contributed by atoms with Crippen LogP contribution in [0.15, 0.2) is 91.0 Å². The Hall–Kier alpha value is -3.17. The molecule has 134 valence electrons. The molecule has 0 N–H and O–H groups in total. The first-order valence-corrected chi connectivity index (χ1v) is 9.10. The summed E-state index contributed by atoms with van der Waals surface area (Å²) in [5, 5.41) is 0. The van der Waals surface area contributed by atoms with Crippen molar-refractivity contribution in [2.24, 2.45) is 0 Å². The molecule has 0 atom stereocenters. The maximum atomic E-state index is 12.9. The number of ether oxygens (including phenoxy) is 1. The predicted molar refractivity (Wildman–Crippen MR) is 107 cm³/mol. The Morgan fingerprint density at radius 1 is 0.741 bits per heavy atom. The summed E-state index contributed by atoms with van der Waals surface area (Å²) in [5.41, 5.74) is 4.90. The number of benzene rings is 3. The zero-order chi connectivity index (χ0) is 18.5. The van der Waals surface area contributed by atoms with Crippen LogP contribution in [0.5, 0.6) is 0 Å². The lowest BCUT2D eigenvalue weighted by Gasteiger charge is -2.19. The molecule has 0 radical (unpaired) electrons. The fourth-order valence-electron chi connectivity index (χ4n) is 3.33. The zero-order valence-corrected chi connectivity index (χ0v) is 15.0. The summed E-state index contributed by atoms with van der Waals surface area (Å²) in [6.07, 6.45) is 2.01. The van der Waals surface area contributed by atoms with E-state index >= 15 is 0 Å². The number of amides is 1. The normalized spacial score (nSPS) is 14.6. The van der Waals surface area contributed by atoms with Crippen molar-refractivity contribution in [1.29, 1.82) is 0 Å². The highest BCUT2D eigenvalue weighted by Gasteiger charge is 2.31. The van der Waals surface area contributed by atoms with Crippen LogP contribution in [0.2, 0.25) is 0 Å². The molecular formula is C24H21NO2. The van der Waals surface area contributed by atoms with Crippen LogP contribution in [0.1, 0.15) is 27.0 Å². The van der Waals surface area contributed by atoms with E-state index in [4.69, 9.17) is 4.74 Å². The molecule has 1 heterocycles. The largest absolute Gasteiger partial charge is 0.373 e. The SMILES string of the molecule is O=C1c2ccccc2/C(=C/COCc2ccccc2)N1Cc1ccccc1. The van der Waals surface area contributed by atoms with Gasteiger partial charge >= 0.3 is 0 Å². The van der Waals surface area contributed by atoms with Crippen molar-refractivity contribution in [1.82, 2.24) is 4.90 Å². The summed E-state index contributed by atoms with van der Waals surface area (Å²) in [7, 11) is 0. The highest BCUT2D eigenvalue weighted by Crippen LogP contribution is 2.33. The highest BCUT2D eigenvalue weighted by atomic mass is 16.5. The average molecular weight is 355 g/mol. The van der Waals surface area contributed by atoms with Crippen LogP contribution in [0.25, 0.3) is 5.70 Å². The zero-order valence-electron chi connectivity index (χ0n) is 15.0. The van der Waals surface area contributed by atoms with Gasteiger partial charge in [0.15, 0.2) is 0 Å². The maximum Gasteiger partial charge on any atom is 0.259 e. The van der Waals surface area contributed by atoms with E-state index in [0.717, 1.165) is 28.0 Å². The first-order chi connectivity index (χ1) is 13.3. The number of carbonyl (C=O) groups excluding carboxylic acids is 1. The van der Waals surface area contributed by atoms with Gasteiger partial charge in [0, 0.05) is 11.1 Å². The molecule has 27 heavy (non-hydrogen) atoms. The Bertz CT molecular complexity index is 948. The lowest BCUT2D eigenvalue weighted by Crippen LogP contribution is -2.22. The quantitative estimate of drug-likeness (QED) is 0.589. The van der Waals surface area contributed by atoms with Gasteiger partial charge in [0.05, 0.1) is 25.5 Å². The Morgan fingerprint density at radius 2 is 1.33 bits per heavy atom. The fraction of sp³-hybridized carbons (Fsp3) is 0.125. The Balaban J connectivity index is 1.53. The minimum atomic E-state index is 0.0452. The third-order valence-corrected chi connectivity index (χ3v) is 4.66. The summed E-state index contributed by atoms with van der Waals surface area (Å²) in [5.74, 6) is 0.0452. The van der Waals surface area contributed by atoms with E-state index < -0.39 is 0 Å². The van der Waals surface area contributed by atoms with Gasteiger partial charge in [-0.05, 0) is 23.3 Å². The van der Waals surface area contributed by atoms with Gasteiger partial charge in [-0.3, -0.25) is 4.79 Å². The topological polar surface area (TPSA) is 29.5 Å². The smallest absolute Gasteiger partial charge is 0.259 e. The van der Waals surface area contributed by atoms with Gasteiger partial charge in [-0.25, -0.2) is 0 Å². The number of fused-ring (bicyclic) bond motifs is 1. The van der Waals surface area contributed by atoms with E-state index in [1.165, 1.54) is 0 Å². The third kappa shape index (κ3) is 3.83. The molecule has 0 saturated heterocycles. The van der Waals surface area contributed by atoms with E-state index in [2.05, 4.69) is 0 Å². The van der Waals surface area contributed by atoms with Crippen LogP contribution in [-0.2, 0) is 17.9 Å². The number of carbonyl (C=O) groups is 1. The van der Waals surface area contributed by atoms with Crippen molar-refractivity contribution < 1.29 is 9.53 Å². The molecule has 3 heteroatoms. The monoisotopic (exact) mass is 355 g/mol. The van der Waals surface area contributed by atoms with Crippen molar-refractivity contribution in [2.75, 3.05) is 6.61 Å². The number of nitrogens with zero attached hydrogens (tertiary/aromatic N) is 1. The number of hydrogen-bond donors (Lipinski definition) is 0. The van der Waals surface area contributed by atoms with Crippen LogP contribution < -0.4 is 0 Å². The molecule has 1 aliphatic heterocycles. The van der Waals surface area contributed by atoms with Gasteiger partial charge < -0.3 is 9.64 Å². The molecule has 0 aromatic heterocycles. The average Bonchev–Trinajstić information content (AvgIpc) is 2.99. The molecule has 3 aromatic rings. The summed E-state index contributed by atoms with van der Waals surface area (Å²) >= 11 is 0. The third-order valence-electron chi connectivity index (χ3n) is 4.66. The summed E-state index contributed by atoms with van der Waals surface area (Å²) in [6.45, 7) is 1.56. The van der Waals surface area contributed by atoms with Crippen molar-refractivity contribution in [3.8, 4) is 0 Å². The van der Waals surface area contributed by atoms with Gasteiger partial charge in [0.1, 0.15) is 0 Å². The molecule has 3 nitrogen and oxygen atoms in total. The summed E-state index contributed by atoms with van der Waals surface area (Å²) < 4.78 is 5.82. The lowest BCUT2D eigenvalue weighted by atomic mass is 10.1. The van der Waals surface area contributed by atoms with E-state index in [1.54, 1.807) is 0 Å². The van der Waals surface area contributed by atoms with Crippen molar-refractivity contribution in [3.05, 3.63) is 113 Å². The predicted octanol–water partition coefficient (Wildman–Crippen LogP) is 4.90. The van der Waals surface area contributed by atoms with Crippen LogP contribution in [0, 0.1) is 0 Å². The van der Waals surface area contributed by atoms with Gasteiger partial charge in [0.2, 0.25) is 0 Å². The van der Waals surface area contributed by atoms with Gasteiger partial charge in [0.25, 0.3) is 5.91 Å². The second-order valence-corrected chi connectivity index (χ2v) is 6.51. The second-order valence-electron chi connectivity index (χ2n) is 6.51. The Labute approximate surface area is 159 Å². The van der Waals surface area contributed by atoms with Crippen LogP contribution >= 0.6 is 0 Å². The van der Waals surface area contributed by atoms with Crippen molar-refractivity contribution >= 4 is 11.6 Å². The van der Waals surface area contributed by atoms with Gasteiger partial charge in [-0.1, -0.05) is 78.9 Å². The molecule has 1 aliphatic rings. The standard InChI is InChI=1S/C24H21NO2/c26-24-22-14-8-7-13-21(22)23(25(24)17-19-9-3-1-4-10-19)15-16-27-18-20-11-5-2-6-12-20/h1-15H,16-18H2/b23-15-. The molecule has 0 saturated carbocycles. The first-order valence-electron chi connectivity index (χ1n) is 9.10. The second kappa shape index (κ2) is 8.02. The molecule has 0 fully saturated rings. The molecule has 0 spiro atoms. The Kier molecular flexibility index (Phi) is 5.13. The summed E-state index contributed by atoms with van der Waals surface area (Å²) in [6, 6.07) is 27.9. The molecular weight excluding hydrogens is 334 g/mol. The molecule has 3 aromatic carbocycles. The van der Waals surface area contributed by atoms with Crippen LogP contribution in [0.3, 0.4) is 0 Å². The molecule has 0 unspecified atom stereocenters. The van der Waals surface area contributed by atoms with E-state index in [9.17, 15) is 4.79 Å². The van der Waals surface area contributed by atoms with E-state index in [0.29, 0.717) is 19.8 Å². The number of hydrogen-bond acceptors (Lipinski definition) is 2. The molecule has 0 aliphatic carbocycles. The summed E-state index contributed by atoms with van der Waals surface area (Å²) in [4.78, 5) is 14.7. The lowest BCUT2D eigenvalue weighted by molar-refractivity contribution is 0.0841. The van der Waals surface area contributed by atoms with E-state index in [-0.39, 0.29) is 5.91 Å².